The molecule has 1 saturated heterocycles. The number of nitrogens with one attached hydrogen (secondary N) is 1. The minimum Gasteiger partial charge on any atom is -0.437 e. The highest BCUT2D eigenvalue weighted by atomic mass is 35.5. The third kappa shape index (κ3) is 5.15. The molecule has 3 aromatic carbocycles. The molecule has 0 bridgehead atoms. The normalized spacial score (nSPS) is 13.6. The number of hydrogen-bond donors (Lipinski definition) is 2. The van der Waals surface area contributed by atoms with Crippen molar-refractivity contribution in [3.63, 3.8) is 0 Å². The molecule has 34 heavy (non-hydrogen) atoms. The van der Waals surface area contributed by atoms with Crippen LogP contribution in [0.15, 0.2) is 85.1 Å². The van der Waals surface area contributed by atoms with Crippen molar-refractivity contribution >= 4 is 40.3 Å². The van der Waals surface area contributed by atoms with Crippen molar-refractivity contribution in [2.45, 2.75) is 0 Å². The molecule has 0 saturated carbocycles. The van der Waals surface area contributed by atoms with Crippen LogP contribution in [0.3, 0.4) is 0 Å². The summed E-state index contributed by atoms with van der Waals surface area (Å²) in [5.41, 5.74) is 9.77. The van der Waals surface area contributed by atoms with Crippen LogP contribution >= 0.6 is 11.6 Å². The van der Waals surface area contributed by atoms with Gasteiger partial charge in [-0.3, -0.25) is 0 Å². The van der Waals surface area contributed by atoms with Gasteiger partial charge in [-0.05, 0) is 48.5 Å². The molecule has 0 unspecified atom stereocenters. The number of rotatable bonds is 6. The fourth-order valence-corrected chi connectivity index (χ4v) is 4.05. The van der Waals surface area contributed by atoms with Gasteiger partial charge in [0.05, 0.1) is 6.20 Å². The van der Waals surface area contributed by atoms with E-state index in [4.69, 9.17) is 22.1 Å². The SMILES string of the molecule is Nc1cccc(Oc2nc(Nc3ccc(N4CCN(c5ccccc5)CC4)cc3)ncc2Cl)c1. The molecule has 8 heteroatoms. The topological polar surface area (TPSA) is 79.5 Å². The number of benzene rings is 3. The Morgan fingerprint density at radius 3 is 2.18 bits per heavy atom. The zero-order valence-corrected chi connectivity index (χ0v) is 19.3. The highest BCUT2D eigenvalue weighted by Gasteiger charge is 2.17. The van der Waals surface area contributed by atoms with Crippen LogP contribution in [-0.2, 0) is 0 Å². The maximum absolute atomic E-state index is 6.23. The smallest absolute Gasteiger partial charge is 0.243 e. The highest BCUT2D eigenvalue weighted by molar-refractivity contribution is 6.31. The molecule has 1 aliphatic rings. The van der Waals surface area contributed by atoms with E-state index in [1.54, 1.807) is 18.2 Å². The summed E-state index contributed by atoms with van der Waals surface area (Å²) in [6.07, 6.45) is 1.51. The first-order valence-electron chi connectivity index (χ1n) is 11.1. The Morgan fingerprint density at radius 2 is 1.50 bits per heavy atom. The number of nitrogens with two attached hydrogens (primary N) is 1. The Hall–Kier alpha value is -3.97. The largest absolute Gasteiger partial charge is 0.437 e. The van der Waals surface area contributed by atoms with Crippen molar-refractivity contribution in [1.82, 2.24) is 9.97 Å². The minimum absolute atomic E-state index is 0.262. The molecular weight excluding hydrogens is 448 g/mol. The van der Waals surface area contributed by atoms with Crippen LogP contribution < -0.4 is 25.6 Å². The molecule has 1 fully saturated rings. The maximum Gasteiger partial charge on any atom is 0.243 e. The van der Waals surface area contributed by atoms with Gasteiger partial charge in [-0.25, -0.2) is 4.98 Å². The van der Waals surface area contributed by atoms with Crippen molar-refractivity contribution in [1.29, 1.82) is 0 Å². The average Bonchev–Trinajstić information content (AvgIpc) is 2.87. The molecule has 1 aromatic heterocycles. The quantitative estimate of drug-likeness (QED) is 0.355. The molecule has 2 heterocycles. The van der Waals surface area contributed by atoms with Crippen molar-refractivity contribution < 1.29 is 4.74 Å². The molecule has 0 spiro atoms. The van der Waals surface area contributed by atoms with Gasteiger partial charge in [-0.2, -0.15) is 4.98 Å². The van der Waals surface area contributed by atoms with Crippen LogP contribution in [0.25, 0.3) is 0 Å². The lowest BCUT2D eigenvalue weighted by molar-refractivity contribution is 0.463. The lowest BCUT2D eigenvalue weighted by Gasteiger charge is -2.37. The third-order valence-electron chi connectivity index (χ3n) is 5.67. The molecule has 0 amide bonds. The second-order valence-electron chi connectivity index (χ2n) is 8.00. The van der Waals surface area contributed by atoms with E-state index in [1.165, 1.54) is 17.6 Å². The van der Waals surface area contributed by atoms with Crippen LogP contribution in [0.4, 0.5) is 28.7 Å². The summed E-state index contributed by atoms with van der Waals surface area (Å²) >= 11 is 6.23. The van der Waals surface area contributed by atoms with E-state index in [0.29, 0.717) is 22.4 Å². The summed E-state index contributed by atoms with van der Waals surface area (Å²) < 4.78 is 5.79. The number of ether oxygens (including phenoxy) is 1. The number of nitrogens with zero attached hydrogens (tertiary/aromatic N) is 4. The first-order valence-corrected chi connectivity index (χ1v) is 11.5. The Bertz CT molecular complexity index is 1240. The zero-order valence-electron chi connectivity index (χ0n) is 18.6. The Balaban J connectivity index is 1.22. The first-order chi connectivity index (χ1) is 16.6. The molecule has 5 rings (SSSR count). The lowest BCUT2D eigenvalue weighted by atomic mass is 10.2. The average molecular weight is 473 g/mol. The van der Waals surface area contributed by atoms with E-state index >= 15 is 0 Å². The van der Waals surface area contributed by atoms with Crippen LogP contribution in [0.1, 0.15) is 0 Å². The number of hydrogen-bond acceptors (Lipinski definition) is 7. The second-order valence-corrected chi connectivity index (χ2v) is 8.41. The van der Waals surface area contributed by atoms with Crippen molar-refractivity contribution in [2.75, 3.05) is 47.0 Å². The lowest BCUT2D eigenvalue weighted by Crippen LogP contribution is -2.46. The Kier molecular flexibility index (Phi) is 6.35. The summed E-state index contributed by atoms with van der Waals surface area (Å²) in [5, 5.41) is 3.53. The standard InChI is InChI=1S/C26H25ClN6O/c27-24-18-29-26(31-25(24)34-23-8-4-5-19(28)17-23)30-20-9-11-22(12-10-20)33-15-13-32(14-16-33)21-6-2-1-3-7-21/h1-12,17-18H,13-16,28H2,(H,29,30,31). The Morgan fingerprint density at radius 1 is 0.824 bits per heavy atom. The van der Waals surface area contributed by atoms with Gasteiger partial charge in [0.2, 0.25) is 11.8 Å². The summed E-state index contributed by atoms with van der Waals surface area (Å²) in [7, 11) is 0. The van der Waals surface area contributed by atoms with Gasteiger partial charge in [0.15, 0.2) is 0 Å². The summed E-state index contributed by atoms with van der Waals surface area (Å²) in [4.78, 5) is 13.5. The second kappa shape index (κ2) is 9.89. The highest BCUT2D eigenvalue weighted by Crippen LogP contribution is 2.29. The van der Waals surface area contributed by atoms with Gasteiger partial charge in [0.25, 0.3) is 0 Å². The summed E-state index contributed by atoms with van der Waals surface area (Å²) in [6, 6.07) is 25.9. The molecule has 0 radical (unpaired) electrons. The van der Waals surface area contributed by atoms with Crippen LogP contribution in [0.2, 0.25) is 5.02 Å². The van der Waals surface area contributed by atoms with Crippen molar-refractivity contribution in [2.24, 2.45) is 0 Å². The molecule has 172 valence electrons. The van der Waals surface area contributed by atoms with Crippen LogP contribution in [-0.4, -0.2) is 36.1 Å². The number of nitrogen functional groups attached to an aromatic ring is 1. The molecule has 3 N–H and O–H groups in total. The fraction of sp³-hybridized carbons (Fsp3) is 0.154. The van der Waals surface area contributed by atoms with E-state index in [1.807, 2.05) is 18.2 Å². The summed E-state index contributed by atoms with van der Waals surface area (Å²) in [6.45, 7) is 3.95. The van der Waals surface area contributed by atoms with Crippen molar-refractivity contribution in [3.8, 4) is 11.6 Å². The van der Waals surface area contributed by atoms with Gasteiger partial charge in [0, 0.05) is 55.0 Å². The molecule has 4 aromatic rings. The number of para-hydroxylation sites is 1. The molecule has 1 aliphatic heterocycles. The fourth-order valence-electron chi connectivity index (χ4n) is 3.92. The molecule has 0 aliphatic carbocycles. The van der Waals surface area contributed by atoms with Crippen molar-refractivity contribution in [3.05, 3.63) is 90.1 Å². The van der Waals surface area contributed by atoms with Crippen LogP contribution in [0, 0.1) is 0 Å². The predicted molar refractivity (Wildman–Crippen MR) is 139 cm³/mol. The van der Waals surface area contributed by atoms with Crippen LogP contribution in [0.5, 0.6) is 11.6 Å². The van der Waals surface area contributed by atoms with Gasteiger partial charge < -0.3 is 25.6 Å². The van der Waals surface area contributed by atoms with Gasteiger partial charge >= 0.3 is 0 Å². The van der Waals surface area contributed by atoms with E-state index < -0.39 is 0 Å². The maximum atomic E-state index is 6.23. The number of anilines is 5. The number of halogens is 1. The zero-order chi connectivity index (χ0) is 23.3. The third-order valence-corrected chi connectivity index (χ3v) is 5.93. The molecule has 0 atom stereocenters. The van der Waals surface area contributed by atoms with Gasteiger partial charge in [-0.1, -0.05) is 35.9 Å². The predicted octanol–water partition coefficient (Wildman–Crippen LogP) is 5.57. The monoisotopic (exact) mass is 472 g/mol. The van der Waals surface area contributed by atoms with E-state index in [-0.39, 0.29) is 5.88 Å². The molecule has 7 nitrogen and oxygen atoms in total. The van der Waals surface area contributed by atoms with Gasteiger partial charge in [0.1, 0.15) is 10.8 Å². The summed E-state index contributed by atoms with van der Waals surface area (Å²) in [5.74, 6) is 1.22. The first kappa shape index (κ1) is 21.9. The van der Waals surface area contributed by atoms with E-state index in [0.717, 1.165) is 31.9 Å². The van der Waals surface area contributed by atoms with Gasteiger partial charge in [-0.15, -0.1) is 0 Å². The van der Waals surface area contributed by atoms with E-state index in [9.17, 15) is 0 Å². The molecular formula is C26H25ClN6O. The number of piperazine rings is 1. The van der Waals surface area contributed by atoms with E-state index in [2.05, 4.69) is 67.5 Å². The number of aromatic nitrogens is 2. The minimum atomic E-state index is 0.262. The Labute approximate surface area is 203 Å².